The van der Waals surface area contributed by atoms with Crippen LogP contribution in [0.1, 0.15) is 23.3 Å². The lowest BCUT2D eigenvalue weighted by Crippen LogP contribution is -2.18. The zero-order valence-corrected chi connectivity index (χ0v) is 15.1. The minimum atomic E-state index is -0.472. The molecule has 1 N–H and O–H groups in total. The molecular weight excluding hydrogens is 358 g/mol. The first-order valence-electron chi connectivity index (χ1n) is 9.08. The highest BCUT2D eigenvalue weighted by molar-refractivity contribution is 6.03. The summed E-state index contributed by atoms with van der Waals surface area (Å²) in [6, 6.07) is 15.5. The molecule has 1 saturated heterocycles. The lowest BCUT2D eigenvalue weighted by molar-refractivity contribution is -0.384. The molecule has 1 aliphatic heterocycles. The van der Waals surface area contributed by atoms with E-state index in [-0.39, 0.29) is 17.3 Å². The topological polar surface area (TPSA) is 93.3 Å². The molecule has 0 unspecified atom stereocenters. The molecule has 4 rings (SSSR count). The molecule has 1 fully saturated rings. The van der Waals surface area contributed by atoms with Crippen LogP contribution in [0.5, 0.6) is 0 Å². The fraction of sp³-hybridized carbons (Fsp3) is 0.200. The van der Waals surface area contributed by atoms with Crippen LogP contribution in [0.4, 0.5) is 17.1 Å². The van der Waals surface area contributed by atoms with Crippen molar-refractivity contribution in [3.8, 4) is 5.69 Å². The van der Waals surface area contributed by atoms with Crippen LogP contribution in [0, 0.1) is 10.1 Å². The SMILES string of the molecule is O=C(Nc1cccc(N2CCCC2)c1)c1ccn(-c2ccccc2[N+](=O)[O-])n1. The van der Waals surface area contributed by atoms with E-state index >= 15 is 0 Å². The van der Waals surface area contributed by atoms with E-state index in [1.807, 2.05) is 24.3 Å². The minimum Gasteiger partial charge on any atom is -0.371 e. The maximum absolute atomic E-state index is 12.6. The molecule has 1 amide bonds. The van der Waals surface area contributed by atoms with Crippen LogP contribution < -0.4 is 10.2 Å². The van der Waals surface area contributed by atoms with Crippen molar-refractivity contribution < 1.29 is 9.72 Å². The Labute approximate surface area is 161 Å². The van der Waals surface area contributed by atoms with Gasteiger partial charge in [-0.1, -0.05) is 18.2 Å². The molecule has 3 aromatic rings. The molecular formula is C20H19N5O3. The van der Waals surface area contributed by atoms with E-state index in [4.69, 9.17) is 0 Å². The Balaban J connectivity index is 1.53. The van der Waals surface area contributed by atoms with Crippen LogP contribution in [0.25, 0.3) is 5.69 Å². The van der Waals surface area contributed by atoms with Crippen LogP contribution in [-0.4, -0.2) is 33.7 Å². The summed E-state index contributed by atoms with van der Waals surface area (Å²) in [4.78, 5) is 25.6. The van der Waals surface area contributed by atoms with Gasteiger partial charge in [0.05, 0.1) is 4.92 Å². The highest BCUT2D eigenvalue weighted by atomic mass is 16.6. The smallest absolute Gasteiger partial charge is 0.294 e. The number of rotatable bonds is 5. The number of nitrogens with one attached hydrogen (secondary N) is 1. The number of nitro groups is 1. The van der Waals surface area contributed by atoms with Crippen LogP contribution >= 0.6 is 0 Å². The molecule has 1 aliphatic rings. The maximum atomic E-state index is 12.6. The van der Waals surface area contributed by atoms with Crippen LogP contribution in [0.2, 0.25) is 0 Å². The molecule has 0 atom stereocenters. The molecule has 0 bridgehead atoms. The van der Waals surface area contributed by atoms with E-state index in [0.29, 0.717) is 11.4 Å². The lowest BCUT2D eigenvalue weighted by atomic mass is 10.2. The summed E-state index contributed by atoms with van der Waals surface area (Å²) >= 11 is 0. The summed E-state index contributed by atoms with van der Waals surface area (Å²) in [5, 5.41) is 18.3. The molecule has 0 aliphatic carbocycles. The Kier molecular flexibility index (Phi) is 4.76. The van der Waals surface area contributed by atoms with Gasteiger partial charge in [-0.25, -0.2) is 4.68 Å². The molecule has 8 nitrogen and oxygen atoms in total. The number of carbonyl (C=O) groups is 1. The van der Waals surface area contributed by atoms with Crippen LogP contribution in [-0.2, 0) is 0 Å². The van der Waals surface area contributed by atoms with Crippen LogP contribution in [0.3, 0.4) is 0 Å². The average Bonchev–Trinajstić information content (AvgIpc) is 3.40. The Bertz CT molecular complexity index is 1020. The van der Waals surface area contributed by atoms with Crippen molar-refractivity contribution in [2.45, 2.75) is 12.8 Å². The molecule has 0 spiro atoms. The Morgan fingerprint density at radius 2 is 1.86 bits per heavy atom. The first kappa shape index (κ1) is 17.7. The van der Waals surface area contributed by atoms with Crippen molar-refractivity contribution in [1.29, 1.82) is 0 Å². The van der Waals surface area contributed by atoms with E-state index < -0.39 is 4.92 Å². The number of benzene rings is 2. The summed E-state index contributed by atoms with van der Waals surface area (Å²) in [7, 11) is 0. The fourth-order valence-corrected chi connectivity index (χ4v) is 3.34. The Hall–Kier alpha value is -3.68. The monoisotopic (exact) mass is 377 g/mol. The van der Waals surface area contributed by atoms with E-state index in [2.05, 4.69) is 15.3 Å². The highest BCUT2D eigenvalue weighted by Gasteiger charge is 2.18. The summed E-state index contributed by atoms with van der Waals surface area (Å²) in [6.45, 7) is 2.05. The van der Waals surface area contributed by atoms with Crippen molar-refractivity contribution in [3.05, 3.63) is 76.6 Å². The highest BCUT2D eigenvalue weighted by Crippen LogP contribution is 2.24. The van der Waals surface area contributed by atoms with Gasteiger partial charge in [-0.3, -0.25) is 14.9 Å². The van der Waals surface area contributed by atoms with Gasteiger partial charge in [-0.15, -0.1) is 0 Å². The van der Waals surface area contributed by atoms with Crippen LogP contribution in [0.15, 0.2) is 60.8 Å². The number of aromatic nitrogens is 2. The first-order chi connectivity index (χ1) is 13.6. The van der Waals surface area contributed by atoms with Gasteiger partial charge in [0.15, 0.2) is 5.69 Å². The Morgan fingerprint density at radius 1 is 1.07 bits per heavy atom. The normalized spacial score (nSPS) is 13.5. The van der Waals surface area contributed by atoms with Crippen molar-refractivity contribution in [2.24, 2.45) is 0 Å². The molecule has 8 heteroatoms. The number of amides is 1. The maximum Gasteiger partial charge on any atom is 0.294 e. The van der Waals surface area contributed by atoms with E-state index in [1.54, 1.807) is 18.2 Å². The quantitative estimate of drug-likeness (QED) is 0.541. The van der Waals surface area contributed by atoms with Gasteiger partial charge < -0.3 is 10.2 Å². The molecule has 0 radical (unpaired) electrons. The van der Waals surface area contributed by atoms with Gasteiger partial charge in [0.2, 0.25) is 0 Å². The largest absolute Gasteiger partial charge is 0.371 e. The number of carbonyl (C=O) groups excluding carboxylic acids is 1. The third-order valence-corrected chi connectivity index (χ3v) is 4.72. The van der Waals surface area contributed by atoms with Gasteiger partial charge in [-0.05, 0) is 43.2 Å². The predicted octanol–water partition coefficient (Wildman–Crippen LogP) is 3.63. The van der Waals surface area contributed by atoms with Crippen molar-refractivity contribution >= 4 is 23.0 Å². The number of hydrogen-bond donors (Lipinski definition) is 1. The zero-order chi connectivity index (χ0) is 19.5. The molecule has 0 saturated carbocycles. The Morgan fingerprint density at radius 3 is 2.64 bits per heavy atom. The average molecular weight is 377 g/mol. The predicted molar refractivity (Wildman–Crippen MR) is 106 cm³/mol. The number of anilines is 2. The zero-order valence-electron chi connectivity index (χ0n) is 15.1. The second-order valence-corrected chi connectivity index (χ2v) is 6.59. The number of para-hydroxylation sites is 2. The summed E-state index contributed by atoms with van der Waals surface area (Å²) in [6.07, 6.45) is 3.90. The number of hydrogen-bond acceptors (Lipinski definition) is 5. The van der Waals surface area contributed by atoms with E-state index in [1.165, 1.54) is 35.9 Å². The molecule has 2 heterocycles. The number of nitrogens with zero attached hydrogens (tertiary/aromatic N) is 4. The second kappa shape index (κ2) is 7.51. The standard InChI is InChI=1S/C20H19N5O3/c26-20(21-15-6-5-7-16(14-15)23-11-3-4-12-23)17-10-13-24(22-17)18-8-1-2-9-19(18)25(27)28/h1-2,5-10,13-14H,3-4,11-12H2,(H,21,26). The van der Waals surface area contributed by atoms with E-state index in [9.17, 15) is 14.9 Å². The number of nitro benzene ring substituents is 1. The lowest BCUT2D eigenvalue weighted by Gasteiger charge is -2.18. The summed E-state index contributed by atoms with van der Waals surface area (Å²) < 4.78 is 1.34. The van der Waals surface area contributed by atoms with Crippen molar-refractivity contribution in [2.75, 3.05) is 23.3 Å². The summed E-state index contributed by atoms with van der Waals surface area (Å²) in [5.74, 6) is -0.365. The molecule has 142 valence electrons. The molecule has 1 aromatic heterocycles. The molecule has 2 aromatic carbocycles. The minimum absolute atomic E-state index is 0.0733. The fourth-order valence-electron chi connectivity index (χ4n) is 3.34. The molecule has 28 heavy (non-hydrogen) atoms. The summed E-state index contributed by atoms with van der Waals surface area (Å²) in [5.41, 5.74) is 2.19. The van der Waals surface area contributed by atoms with Gasteiger partial charge >= 0.3 is 0 Å². The van der Waals surface area contributed by atoms with Crippen molar-refractivity contribution in [1.82, 2.24) is 9.78 Å². The van der Waals surface area contributed by atoms with Crippen molar-refractivity contribution in [3.63, 3.8) is 0 Å². The van der Waals surface area contributed by atoms with Gasteiger partial charge in [0.1, 0.15) is 5.69 Å². The first-order valence-corrected chi connectivity index (χ1v) is 9.08. The van der Waals surface area contributed by atoms with Gasteiger partial charge in [-0.2, -0.15) is 5.10 Å². The third kappa shape index (κ3) is 3.57. The van der Waals surface area contributed by atoms with Gasteiger partial charge in [0.25, 0.3) is 11.6 Å². The van der Waals surface area contributed by atoms with Gasteiger partial charge in [0, 0.05) is 36.7 Å². The van der Waals surface area contributed by atoms with E-state index in [0.717, 1.165) is 18.8 Å². The third-order valence-electron chi connectivity index (χ3n) is 4.72. The second-order valence-electron chi connectivity index (χ2n) is 6.59.